The molecule has 2 N–H and O–H groups in total. The monoisotopic (exact) mass is 350 g/mol. The van der Waals surface area contributed by atoms with E-state index in [-0.39, 0.29) is 40.8 Å². The number of methoxy groups -OCH3 is 1. The van der Waals surface area contributed by atoms with Gasteiger partial charge in [-0.2, -0.15) is 8.78 Å². The fourth-order valence-electron chi connectivity index (χ4n) is 2.54. The van der Waals surface area contributed by atoms with Crippen molar-refractivity contribution >= 4 is 18.3 Å². The molecule has 0 radical (unpaired) electrons. The second-order valence-electron chi connectivity index (χ2n) is 5.74. The summed E-state index contributed by atoms with van der Waals surface area (Å²) in [4.78, 5) is 14.2. The predicted molar refractivity (Wildman–Crippen MR) is 84.6 cm³/mol. The lowest BCUT2D eigenvalue weighted by Crippen LogP contribution is -2.34. The Bertz CT molecular complexity index is 560. The number of ether oxygens (including phenoxy) is 2. The van der Waals surface area contributed by atoms with Gasteiger partial charge in [0.25, 0.3) is 5.91 Å². The Kier molecular flexibility index (Phi) is 6.58. The van der Waals surface area contributed by atoms with Crippen LogP contribution in [0.15, 0.2) is 18.2 Å². The van der Waals surface area contributed by atoms with E-state index in [0.717, 1.165) is 6.42 Å². The highest BCUT2D eigenvalue weighted by molar-refractivity contribution is 5.95. The molecule has 23 heavy (non-hydrogen) atoms. The van der Waals surface area contributed by atoms with E-state index < -0.39 is 6.61 Å². The van der Waals surface area contributed by atoms with Gasteiger partial charge < -0.3 is 20.1 Å². The topological polar surface area (TPSA) is 64.8 Å². The second-order valence-corrected chi connectivity index (χ2v) is 5.74. The van der Waals surface area contributed by atoms with Crippen molar-refractivity contribution in [1.82, 2.24) is 4.90 Å². The van der Waals surface area contributed by atoms with Crippen LogP contribution in [0.25, 0.3) is 0 Å². The molecule has 1 aliphatic heterocycles. The van der Waals surface area contributed by atoms with Crippen LogP contribution in [0.5, 0.6) is 11.5 Å². The molecule has 1 fully saturated rings. The van der Waals surface area contributed by atoms with Crippen LogP contribution < -0.4 is 15.2 Å². The minimum absolute atomic E-state index is 0. The molecule has 1 aromatic carbocycles. The molecule has 0 aliphatic carbocycles. The largest absolute Gasteiger partial charge is 0.493 e. The van der Waals surface area contributed by atoms with Gasteiger partial charge in [-0.05, 0) is 36.6 Å². The first-order valence-corrected chi connectivity index (χ1v) is 7.01. The first-order chi connectivity index (χ1) is 10.4. The fraction of sp³-hybridized carbons (Fsp3) is 0.533. The second kappa shape index (κ2) is 7.79. The Labute approximate surface area is 140 Å². The molecule has 8 heteroatoms. The molecular formula is C15H21ClF2N2O3. The summed E-state index contributed by atoms with van der Waals surface area (Å²) < 4.78 is 34.2. The number of carbonyl (C=O) groups excluding carboxylic acids is 1. The predicted octanol–water partition coefficient (Wildman–Crippen LogP) is 2.53. The lowest BCUT2D eigenvalue weighted by atomic mass is 9.90. The number of amides is 1. The molecule has 0 aromatic heterocycles. The summed E-state index contributed by atoms with van der Waals surface area (Å²) in [6, 6.07) is 4.27. The molecule has 2 rings (SSSR count). The van der Waals surface area contributed by atoms with Crippen molar-refractivity contribution < 1.29 is 23.0 Å². The smallest absolute Gasteiger partial charge is 0.387 e. The van der Waals surface area contributed by atoms with Crippen LogP contribution in [0, 0.1) is 5.41 Å². The number of alkyl halides is 2. The molecule has 0 bridgehead atoms. The van der Waals surface area contributed by atoms with Gasteiger partial charge in [0, 0.05) is 18.7 Å². The molecule has 0 saturated carbocycles. The molecule has 1 amide bonds. The summed E-state index contributed by atoms with van der Waals surface area (Å²) >= 11 is 0. The third-order valence-corrected chi connectivity index (χ3v) is 3.96. The number of carbonyl (C=O) groups is 1. The lowest BCUT2D eigenvalue weighted by molar-refractivity contribution is -0.0512. The SMILES string of the molecule is COc1ccc(C(=O)N2CCC(C)(CN)C2)cc1OC(F)F.Cl. The van der Waals surface area contributed by atoms with E-state index in [1.54, 1.807) is 4.90 Å². The van der Waals surface area contributed by atoms with Crippen molar-refractivity contribution in [3.63, 3.8) is 0 Å². The first kappa shape index (κ1) is 19.4. The van der Waals surface area contributed by atoms with E-state index >= 15 is 0 Å². The number of nitrogens with two attached hydrogens (primary N) is 1. The molecule has 1 atom stereocenters. The maximum absolute atomic E-state index is 12.5. The van der Waals surface area contributed by atoms with E-state index in [1.807, 2.05) is 6.92 Å². The summed E-state index contributed by atoms with van der Waals surface area (Å²) in [5.41, 5.74) is 5.92. The minimum atomic E-state index is -2.98. The van der Waals surface area contributed by atoms with E-state index in [1.165, 1.54) is 25.3 Å². The summed E-state index contributed by atoms with van der Waals surface area (Å²) in [5, 5.41) is 0. The van der Waals surface area contributed by atoms with Gasteiger partial charge in [0.05, 0.1) is 7.11 Å². The van der Waals surface area contributed by atoms with Gasteiger partial charge in [0.1, 0.15) is 0 Å². The normalized spacial score (nSPS) is 20.3. The van der Waals surface area contributed by atoms with Crippen LogP contribution in [-0.4, -0.2) is 44.2 Å². The highest BCUT2D eigenvalue weighted by Crippen LogP contribution is 2.32. The quantitative estimate of drug-likeness (QED) is 0.886. The number of rotatable bonds is 5. The average Bonchev–Trinajstić information content (AvgIpc) is 2.89. The molecule has 130 valence electrons. The summed E-state index contributed by atoms with van der Waals surface area (Å²) in [6.45, 7) is 0.702. The van der Waals surface area contributed by atoms with Crippen LogP contribution in [0.4, 0.5) is 8.78 Å². The Morgan fingerprint density at radius 3 is 2.65 bits per heavy atom. The lowest BCUT2D eigenvalue weighted by Gasteiger charge is -2.22. The number of nitrogens with zero attached hydrogens (tertiary/aromatic N) is 1. The molecular weight excluding hydrogens is 330 g/mol. The maximum atomic E-state index is 12.5. The van der Waals surface area contributed by atoms with Crippen LogP contribution in [-0.2, 0) is 0 Å². The zero-order chi connectivity index (χ0) is 16.3. The van der Waals surface area contributed by atoms with E-state index in [4.69, 9.17) is 10.5 Å². The molecule has 1 aromatic rings. The van der Waals surface area contributed by atoms with Gasteiger partial charge in [-0.3, -0.25) is 4.79 Å². The number of benzene rings is 1. The Morgan fingerprint density at radius 1 is 1.43 bits per heavy atom. The fourth-order valence-corrected chi connectivity index (χ4v) is 2.54. The molecule has 5 nitrogen and oxygen atoms in total. The zero-order valence-corrected chi connectivity index (χ0v) is 13.9. The first-order valence-electron chi connectivity index (χ1n) is 7.01. The highest BCUT2D eigenvalue weighted by atomic mass is 35.5. The van der Waals surface area contributed by atoms with Gasteiger partial charge in [0.15, 0.2) is 11.5 Å². The third kappa shape index (κ3) is 4.45. The molecule has 1 aliphatic rings. The molecule has 1 saturated heterocycles. The third-order valence-electron chi connectivity index (χ3n) is 3.96. The van der Waals surface area contributed by atoms with Crippen LogP contribution in [0.1, 0.15) is 23.7 Å². The Hall–Kier alpha value is -1.60. The average molecular weight is 351 g/mol. The van der Waals surface area contributed by atoms with Crippen molar-refractivity contribution in [3.8, 4) is 11.5 Å². The minimum Gasteiger partial charge on any atom is -0.493 e. The number of halogens is 3. The van der Waals surface area contributed by atoms with Crippen molar-refractivity contribution in [2.45, 2.75) is 20.0 Å². The van der Waals surface area contributed by atoms with Gasteiger partial charge in [-0.25, -0.2) is 0 Å². The van der Waals surface area contributed by atoms with Crippen molar-refractivity contribution in [2.24, 2.45) is 11.1 Å². The van der Waals surface area contributed by atoms with Gasteiger partial charge >= 0.3 is 6.61 Å². The van der Waals surface area contributed by atoms with Crippen LogP contribution in [0.2, 0.25) is 0 Å². The van der Waals surface area contributed by atoms with Gasteiger partial charge in [-0.1, -0.05) is 6.92 Å². The number of hydrogen-bond donors (Lipinski definition) is 1. The molecule has 1 heterocycles. The van der Waals surface area contributed by atoms with E-state index in [0.29, 0.717) is 19.6 Å². The van der Waals surface area contributed by atoms with Gasteiger partial charge in [0.2, 0.25) is 0 Å². The Balaban J connectivity index is 0.00000264. The number of hydrogen-bond acceptors (Lipinski definition) is 4. The maximum Gasteiger partial charge on any atom is 0.387 e. The number of likely N-dealkylation sites (tertiary alicyclic amines) is 1. The standard InChI is InChI=1S/C15H20F2N2O3.ClH/c1-15(8-18)5-6-19(9-15)13(20)10-3-4-11(21-2)12(7-10)22-14(16)17;/h3-4,7,14H,5-6,8-9,18H2,1-2H3;1H. The van der Waals surface area contributed by atoms with Gasteiger partial charge in [-0.15, -0.1) is 12.4 Å². The van der Waals surface area contributed by atoms with Crippen LogP contribution >= 0.6 is 12.4 Å². The van der Waals surface area contributed by atoms with Crippen LogP contribution in [0.3, 0.4) is 0 Å². The van der Waals surface area contributed by atoms with Crippen molar-refractivity contribution in [3.05, 3.63) is 23.8 Å². The summed E-state index contributed by atoms with van der Waals surface area (Å²) in [6.07, 6.45) is 0.825. The van der Waals surface area contributed by atoms with Crippen molar-refractivity contribution in [2.75, 3.05) is 26.7 Å². The van der Waals surface area contributed by atoms with Crippen molar-refractivity contribution in [1.29, 1.82) is 0 Å². The zero-order valence-electron chi connectivity index (χ0n) is 13.1. The molecule has 1 unspecified atom stereocenters. The molecule has 0 spiro atoms. The highest BCUT2D eigenvalue weighted by Gasteiger charge is 2.35. The summed E-state index contributed by atoms with van der Waals surface area (Å²) in [7, 11) is 1.35. The van der Waals surface area contributed by atoms with E-state index in [9.17, 15) is 13.6 Å². The Morgan fingerprint density at radius 2 is 2.13 bits per heavy atom. The van der Waals surface area contributed by atoms with E-state index in [2.05, 4.69) is 4.74 Å². The summed E-state index contributed by atoms with van der Waals surface area (Å²) in [5.74, 6) is -0.215.